The summed E-state index contributed by atoms with van der Waals surface area (Å²) in [5.74, 6) is 0.279. The minimum Gasteiger partial charge on any atom is -0.343 e. The van der Waals surface area contributed by atoms with Gasteiger partial charge >= 0.3 is 0 Å². The van der Waals surface area contributed by atoms with E-state index in [9.17, 15) is 14.9 Å². The van der Waals surface area contributed by atoms with E-state index in [0.29, 0.717) is 6.54 Å². The standard InChI is InChI=1S/C17H25N3O3/c1-3-19(4-2)17(21)15-8-6-10-18(13-15)12-14-7-5-9-16(11-14)20(22)23/h5,7,9,11,15H,3-4,6,8,10,12-13H2,1-2H3. The SMILES string of the molecule is CCN(CC)C(=O)C1CCCN(Cc2cccc([N+](=O)[O-])c2)C1. The molecule has 1 aromatic rings. The summed E-state index contributed by atoms with van der Waals surface area (Å²) >= 11 is 0. The van der Waals surface area contributed by atoms with Crippen LogP contribution in [0.3, 0.4) is 0 Å². The molecule has 6 nitrogen and oxygen atoms in total. The van der Waals surface area contributed by atoms with Gasteiger partial charge in [-0.1, -0.05) is 12.1 Å². The van der Waals surface area contributed by atoms with Gasteiger partial charge in [0.05, 0.1) is 10.8 Å². The molecule has 0 aliphatic carbocycles. The first-order valence-corrected chi connectivity index (χ1v) is 8.29. The number of hydrogen-bond acceptors (Lipinski definition) is 4. The highest BCUT2D eigenvalue weighted by atomic mass is 16.6. The van der Waals surface area contributed by atoms with Gasteiger partial charge in [0.1, 0.15) is 0 Å². The molecular weight excluding hydrogens is 294 g/mol. The van der Waals surface area contributed by atoms with E-state index < -0.39 is 0 Å². The Morgan fingerprint density at radius 3 is 2.78 bits per heavy atom. The van der Waals surface area contributed by atoms with Gasteiger partial charge < -0.3 is 4.90 Å². The number of non-ortho nitro benzene ring substituents is 1. The summed E-state index contributed by atoms with van der Waals surface area (Å²) in [6, 6.07) is 6.75. The molecule has 0 bridgehead atoms. The van der Waals surface area contributed by atoms with E-state index in [1.54, 1.807) is 12.1 Å². The van der Waals surface area contributed by atoms with E-state index in [4.69, 9.17) is 0 Å². The number of carbonyl (C=O) groups excluding carboxylic acids is 1. The Balaban J connectivity index is 2.00. The molecule has 1 unspecified atom stereocenters. The van der Waals surface area contributed by atoms with Crippen molar-refractivity contribution in [3.63, 3.8) is 0 Å². The Labute approximate surface area is 137 Å². The molecule has 2 rings (SSSR count). The quantitative estimate of drug-likeness (QED) is 0.597. The number of nitrogens with zero attached hydrogens (tertiary/aromatic N) is 3. The molecule has 1 aliphatic rings. The number of amides is 1. The second-order valence-corrected chi connectivity index (χ2v) is 6.01. The molecule has 6 heteroatoms. The molecule has 0 radical (unpaired) electrons. The second kappa shape index (κ2) is 8.06. The molecule has 1 aliphatic heterocycles. The van der Waals surface area contributed by atoms with Crippen LogP contribution in [0.5, 0.6) is 0 Å². The molecule has 23 heavy (non-hydrogen) atoms. The maximum Gasteiger partial charge on any atom is 0.269 e. The van der Waals surface area contributed by atoms with Crippen molar-refractivity contribution in [2.75, 3.05) is 26.2 Å². The number of rotatable bonds is 6. The van der Waals surface area contributed by atoms with Crippen molar-refractivity contribution in [3.8, 4) is 0 Å². The minimum absolute atomic E-state index is 0.0438. The Hall–Kier alpha value is -1.95. The number of hydrogen-bond donors (Lipinski definition) is 0. The molecule has 1 aromatic carbocycles. The topological polar surface area (TPSA) is 66.7 Å². The fourth-order valence-corrected chi connectivity index (χ4v) is 3.22. The van der Waals surface area contributed by atoms with Gasteiger partial charge in [0.15, 0.2) is 0 Å². The zero-order valence-corrected chi connectivity index (χ0v) is 13.9. The van der Waals surface area contributed by atoms with Gasteiger partial charge in [0, 0.05) is 38.3 Å². The van der Waals surface area contributed by atoms with Crippen molar-refractivity contribution in [2.24, 2.45) is 5.92 Å². The van der Waals surface area contributed by atoms with Crippen LogP contribution in [-0.2, 0) is 11.3 Å². The highest BCUT2D eigenvalue weighted by Gasteiger charge is 2.28. The Morgan fingerprint density at radius 1 is 1.39 bits per heavy atom. The lowest BCUT2D eigenvalue weighted by atomic mass is 9.96. The number of nitro groups is 1. The summed E-state index contributed by atoms with van der Waals surface area (Å²) in [5.41, 5.74) is 1.05. The molecule has 1 atom stereocenters. The van der Waals surface area contributed by atoms with Crippen molar-refractivity contribution < 1.29 is 9.72 Å². The summed E-state index contributed by atoms with van der Waals surface area (Å²) in [6.45, 7) is 7.83. The van der Waals surface area contributed by atoms with Gasteiger partial charge in [0.2, 0.25) is 5.91 Å². The van der Waals surface area contributed by atoms with Gasteiger partial charge in [0.25, 0.3) is 5.69 Å². The van der Waals surface area contributed by atoms with Gasteiger partial charge in [-0.05, 0) is 38.8 Å². The maximum absolute atomic E-state index is 12.5. The first-order chi connectivity index (χ1) is 11.0. The van der Waals surface area contributed by atoms with Crippen molar-refractivity contribution >= 4 is 11.6 Å². The normalized spacial score (nSPS) is 18.6. The zero-order valence-electron chi connectivity index (χ0n) is 13.9. The lowest BCUT2D eigenvalue weighted by Gasteiger charge is -2.34. The van der Waals surface area contributed by atoms with E-state index >= 15 is 0 Å². The number of piperidine rings is 1. The molecule has 0 N–H and O–H groups in total. The van der Waals surface area contributed by atoms with Crippen LogP contribution in [0.25, 0.3) is 0 Å². The van der Waals surface area contributed by atoms with Crippen molar-refractivity contribution in [2.45, 2.75) is 33.2 Å². The smallest absolute Gasteiger partial charge is 0.269 e. The van der Waals surface area contributed by atoms with Crippen LogP contribution in [0.15, 0.2) is 24.3 Å². The third-order valence-corrected chi connectivity index (χ3v) is 4.46. The van der Waals surface area contributed by atoms with Crippen molar-refractivity contribution in [3.05, 3.63) is 39.9 Å². The lowest BCUT2D eigenvalue weighted by Crippen LogP contribution is -2.44. The average Bonchev–Trinajstić information content (AvgIpc) is 2.56. The minimum atomic E-state index is -0.369. The van der Waals surface area contributed by atoms with Crippen LogP contribution in [0.4, 0.5) is 5.69 Å². The summed E-state index contributed by atoms with van der Waals surface area (Å²) < 4.78 is 0. The Kier molecular flexibility index (Phi) is 6.10. The zero-order chi connectivity index (χ0) is 16.8. The predicted molar refractivity (Wildman–Crippen MR) is 89.0 cm³/mol. The Morgan fingerprint density at radius 2 is 2.13 bits per heavy atom. The Bertz CT molecular complexity index is 558. The highest BCUT2D eigenvalue weighted by molar-refractivity contribution is 5.79. The summed E-state index contributed by atoms with van der Waals surface area (Å²) in [5, 5.41) is 10.9. The molecular formula is C17H25N3O3. The third kappa shape index (κ3) is 4.51. The molecule has 1 saturated heterocycles. The van der Waals surface area contributed by atoms with Gasteiger partial charge in [-0.15, -0.1) is 0 Å². The molecule has 0 aromatic heterocycles. The average molecular weight is 319 g/mol. The van der Waals surface area contributed by atoms with Crippen molar-refractivity contribution in [1.29, 1.82) is 0 Å². The maximum atomic E-state index is 12.5. The first kappa shape index (κ1) is 17.4. The van der Waals surface area contributed by atoms with E-state index in [1.807, 2.05) is 24.8 Å². The van der Waals surface area contributed by atoms with Crippen molar-refractivity contribution in [1.82, 2.24) is 9.80 Å². The van der Waals surface area contributed by atoms with Crippen LogP contribution in [0, 0.1) is 16.0 Å². The van der Waals surface area contributed by atoms with Crippen LogP contribution < -0.4 is 0 Å². The number of likely N-dealkylation sites (tertiary alicyclic amines) is 1. The van der Waals surface area contributed by atoms with E-state index in [0.717, 1.165) is 44.6 Å². The first-order valence-electron chi connectivity index (χ1n) is 8.29. The molecule has 126 valence electrons. The number of carbonyl (C=O) groups is 1. The molecule has 1 amide bonds. The largest absolute Gasteiger partial charge is 0.343 e. The third-order valence-electron chi connectivity index (χ3n) is 4.46. The van der Waals surface area contributed by atoms with Gasteiger partial charge in [-0.3, -0.25) is 19.8 Å². The van der Waals surface area contributed by atoms with Crippen LogP contribution >= 0.6 is 0 Å². The predicted octanol–water partition coefficient (Wildman–Crippen LogP) is 2.68. The van der Waals surface area contributed by atoms with Crippen LogP contribution in [-0.4, -0.2) is 46.8 Å². The monoisotopic (exact) mass is 319 g/mol. The van der Waals surface area contributed by atoms with E-state index in [2.05, 4.69) is 4.90 Å². The number of benzene rings is 1. The summed E-state index contributed by atoms with van der Waals surface area (Å²) in [6.07, 6.45) is 1.92. The molecule has 1 heterocycles. The van der Waals surface area contributed by atoms with E-state index in [-0.39, 0.29) is 22.4 Å². The number of nitro benzene ring substituents is 1. The fourth-order valence-electron chi connectivity index (χ4n) is 3.22. The van der Waals surface area contributed by atoms with Crippen LogP contribution in [0.1, 0.15) is 32.3 Å². The fraction of sp³-hybridized carbons (Fsp3) is 0.588. The van der Waals surface area contributed by atoms with E-state index in [1.165, 1.54) is 6.07 Å². The summed E-state index contributed by atoms with van der Waals surface area (Å²) in [4.78, 5) is 27.1. The highest BCUT2D eigenvalue weighted by Crippen LogP contribution is 2.22. The lowest BCUT2D eigenvalue weighted by molar-refractivity contribution is -0.384. The van der Waals surface area contributed by atoms with Crippen LogP contribution in [0.2, 0.25) is 0 Å². The van der Waals surface area contributed by atoms with Gasteiger partial charge in [-0.25, -0.2) is 0 Å². The molecule has 0 spiro atoms. The molecule has 1 fully saturated rings. The van der Waals surface area contributed by atoms with Gasteiger partial charge in [-0.2, -0.15) is 0 Å². The second-order valence-electron chi connectivity index (χ2n) is 6.01. The summed E-state index contributed by atoms with van der Waals surface area (Å²) in [7, 11) is 0. The molecule has 0 saturated carbocycles.